The number of benzene rings is 1. The topological polar surface area (TPSA) is 91.2 Å². The number of anilines is 1. The lowest BCUT2D eigenvalue weighted by Crippen LogP contribution is -2.49. The molecule has 1 saturated carbocycles. The zero-order valence-corrected chi connectivity index (χ0v) is 16.9. The van der Waals surface area contributed by atoms with E-state index in [0.717, 1.165) is 50.3 Å². The number of para-hydroxylation sites is 1. The van der Waals surface area contributed by atoms with Crippen molar-refractivity contribution in [2.24, 2.45) is 5.41 Å². The predicted octanol–water partition coefficient (Wildman–Crippen LogP) is 3.33. The van der Waals surface area contributed by atoms with E-state index in [-0.39, 0.29) is 24.7 Å². The van der Waals surface area contributed by atoms with Gasteiger partial charge in [0.05, 0.1) is 34.7 Å². The number of thiazole rings is 1. The second-order valence-corrected chi connectivity index (χ2v) is 8.88. The Bertz CT molecular complexity index is 930. The number of nitrogens with zero attached hydrogens (tertiary/aromatic N) is 3. The van der Waals surface area contributed by atoms with Gasteiger partial charge in [0, 0.05) is 11.5 Å². The molecule has 27 heavy (non-hydrogen) atoms. The maximum Gasteiger partial charge on any atom is 0.189 e. The van der Waals surface area contributed by atoms with Crippen LogP contribution in [0.25, 0.3) is 20.8 Å². The van der Waals surface area contributed by atoms with Crippen molar-refractivity contribution in [2.75, 3.05) is 24.8 Å². The van der Waals surface area contributed by atoms with Crippen molar-refractivity contribution in [3.63, 3.8) is 0 Å². The van der Waals surface area contributed by atoms with Gasteiger partial charge in [-0.3, -0.25) is 0 Å². The highest BCUT2D eigenvalue weighted by Crippen LogP contribution is 2.43. The highest BCUT2D eigenvalue weighted by atomic mass is 32.2. The summed E-state index contributed by atoms with van der Waals surface area (Å²) in [5, 5.41) is 24.2. The fourth-order valence-electron chi connectivity index (χ4n) is 3.57. The summed E-state index contributed by atoms with van der Waals surface area (Å²) in [6.07, 6.45) is 3.40. The first-order chi connectivity index (χ1) is 13.1. The monoisotopic (exact) mass is 402 g/mol. The Morgan fingerprint density at radius 3 is 2.59 bits per heavy atom. The highest BCUT2D eigenvalue weighted by Gasteiger charge is 2.43. The smallest absolute Gasteiger partial charge is 0.189 e. The lowest BCUT2D eigenvalue weighted by molar-refractivity contribution is -0.0173. The van der Waals surface area contributed by atoms with E-state index in [9.17, 15) is 10.2 Å². The Morgan fingerprint density at radius 2 is 1.93 bits per heavy atom. The van der Waals surface area contributed by atoms with Crippen LogP contribution in [-0.2, 0) is 0 Å². The van der Waals surface area contributed by atoms with Crippen LogP contribution in [0.3, 0.4) is 0 Å². The normalized spacial score (nSPS) is 16.4. The van der Waals surface area contributed by atoms with Gasteiger partial charge in [0.1, 0.15) is 10.8 Å². The zero-order valence-electron chi connectivity index (χ0n) is 15.3. The second-order valence-electron chi connectivity index (χ2n) is 7.07. The van der Waals surface area contributed by atoms with E-state index in [0.29, 0.717) is 0 Å². The average molecular weight is 403 g/mol. The maximum absolute atomic E-state index is 9.53. The molecule has 0 saturated heterocycles. The lowest BCUT2D eigenvalue weighted by Gasteiger charge is -2.46. The molecule has 2 aromatic heterocycles. The molecule has 3 aromatic rings. The van der Waals surface area contributed by atoms with Gasteiger partial charge in [-0.1, -0.05) is 23.9 Å². The summed E-state index contributed by atoms with van der Waals surface area (Å²) in [5.74, 6) is 0.778. The van der Waals surface area contributed by atoms with Crippen LogP contribution in [-0.4, -0.2) is 50.7 Å². The quantitative estimate of drug-likeness (QED) is 0.430. The predicted molar refractivity (Wildman–Crippen MR) is 110 cm³/mol. The van der Waals surface area contributed by atoms with Gasteiger partial charge in [-0.2, -0.15) is 0 Å². The SMILES string of the molecule is CSc1nc(C)c(-c2nc3ccccc3s2)c(NC2CC(CO)(CO)C2)n1. The Labute approximate surface area is 166 Å². The molecule has 0 bridgehead atoms. The molecule has 0 unspecified atom stereocenters. The summed E-state index contributed by atoms with van der Waals surface area (Å²) in [4.78, 5) is 14.1. The molecule has 1 fully saturated rings. The van der Waals surface area contributed by atoms with Crippen molar-refractivity contribution in [3.05, 3.63) is 30.0 Å². The van der Waals surface area contributed by atoms with Crippen molar-refractivity contribution < 1.29 is 10.2 Å². The Balaban J connectivity index is 1.71. The summed E-state index contributed by atoms with van der Waals surface area (Å²) in [6.45, 7) is 2.00. The third-order valence-electron chi connectivity index (χ3n) is 5.13. The van der Waals surface area contributed by atoms with Crippen LogP contribution in [0.2, 0.25) is 0 Å². The Hall–Kier alpha value is -1.74. The molecule has 2 heterocycles. The summed E-state index contributed by atoms with van der Waals surface area (Å²) in [6, 6.07) is 8.25. The number of aliphatic hydroxyl groups is 2. The molecule has 0 atom stereocenters. The minimum absolute atomic E-state index is 0.00523. The molecule has 0 amide bonds. The first-order valence-electron chi connectivity index (χ1n) is 8.84. The molecule has 4 rings (SSSR count). The molecule has 6 nitrogen and oxygen atoms in total. The van der Waals surface area contributed by atoms with E-state index >= 15 is 0 Å². The molecule has 1 aliphatic carbocycles. The van der Waals surface area contributed by atoms with Crippen molar-refractivity contribution in [2.45, 2.75) is 31.0 Å². The van der Waals surface area contributed by atoms with Gasteiger partial charge in [-0.05, 0) is 38.2 Å². The number of thioether (sulfide) groups is 1. The van der Waals surface area contributed by atoms with Crippen LogP contribution in [0.15, 0.2) is 29.4 Å². The average Bonchev–Trinajstić information content (AvgIpc) is 3.07. The Kier molecular flexibility index (Phi) is 5.07. The van der Waals surface area contributed by atoms with Crippen LogP contribution in [0.5, 0.6) is 0 Å². The van der Waals surface area contributed by atoms with Crippen molar-refractivity contribution in [1.82, 2.24) is 15.0 Å². The van der Waals surface area contributed by atoms with Crippen LogP contribution >= 0.6 is 23.1 Å². The molecule has 0 aliphatic heterocycles. The number of hydrogen-bond acceptors (Lipinski definition) is 8. The van der Waals surface area contributed by atoms with Crippen LogP contribution in [0.1, 0.15) is 18.5 Å². The Morgan fingerprint density at radius 1 is 1.19 bits per heavy atom. The molecule has 3 N–H and O–H groups in total. The zero-order chi connectivity index (χ0) is 19.0. The number of fused-ring (bicyclic) bond motifs is 1. The summed E-state index contributed by atoms with van der Waals surface area (Å²) < 4.78 is 1.13. The van der Waals surface area contributed by atoms with Crippen LogP contribution < -0.4 is 5.32 Å². The molecule has 142 valence electrons. The summed E-state index contributed by atoms with van der Waals surface area (Å²) in [7, 11) is 0. The molecule has 8 heteroatoms. The fourth-order valence-corrected chi connectivity index (χ4v) is 5.04. The van der Waals surface area contributed by atoms with Gasteiger partial charge >= 0.3 is 0 Å². The lowest BCUT2D eigenvalue weighted by atomic mass is 9.66. The molecule has 1 aromatic carbocycles. The third-order valence-corrected chi connectivity index (χ3v) is 6.73. The third kappa shape index (κ3) is 3.42. The maximum atomic E-state index is 9.53. The van der Waals surface area contributed by atoms with Crippen molar-refractivity contribution in [3.8, 4) is 10.6 Å². The van der Waals surface area contributed by atoms with Gasteiger partial charge in [0.15, 0.2) is 5.16 Å². The van der Waals surface area contributed by atoms with E-state index in [1.54, 1.807) is 11.3 Å². The fraction of sp³-hybridized carbons (Fsp3) is 0.421. The number of aryl methyl sites for hydroxylation is 1. The van der Waals surface area contributed by atoms with Gasteiger partial charge in [0.25, 0.3) is 0 Å². The number of nitrogens with one attached hydrogen (secondary N) is 1. The summed E-state index contributed by atoms with van der Waals surface area (Å²) >= 11 is 3.14. The molecule has 0 radical (unpaired) electrons. The van der Waals surface area contributed by atoms with Crippen LogP contribution in [0.4, 0.5) is 5.82 Å². The largest absolute Gasteiger partial charge is 0.396 e. The minimum atomic E-state index is -0.377. The first kappa shape index (κ1) is 18.6. The van der Waals surface area contributed by atoms with E-state index in [1.165, 1.54) is 11.8 Å². The summed E-state index contributed by atoms with van der Waals surface area (Å²) in [5.41, 5.74) is 2.42. The standard InChI is InChI=1S/C19H22N4O2S2/c1-11-15(17-22-13-5-3-4-6-14(13)27-17)16(23-18(20-11)26-2)21-12-7-19(8-12,9-24)10-25/h3-6,12,24-25H,7-10H2,1-2H3,(H,20,21,23). The van der Waals surface area contributed by atoms with Gasteiger partial charge in [-0.25, -0.2) is 15.0 Å². The van der Waals surface area contributed by atoms with Gasteiger partial charge in [-0.15, -0.1) is 11.3 Å². The number of aromatic nitrogens is 3. The number of rotatable bonds is 6. The van der Waals surface area contributed by atoms with E-state index < -0.39 is 0 Å². The molecular weight excluding hydrogens is 380 g/mol. The number of hydrogen-bond donors (Lipinski definition) is 3. The van der Waals surface area contributed by atoms with Crippen molar-refractivity contribution >= 4 is 39.1 Å². The van der Waals surface area contributed by atoms with Crippen molar-refractivity contribution in [1.29, 1.82) is 0 Å². The van der Waals surface area contributed by atoms with E-state index in [4.69, 9.17) is 9.97 Å². The van der Waals surface area contributed by atoms with Gasteiger partial charge in [0.2, 0.25) is 0 Å². The molecular formula is C19H22N4O2S2. The highest BCUT2D eigenvalue weighted by molar-refractivity contribution is 7.98. The minimum Gasteiger partial charge on any atom is -0.396 e. The van der Waals surface area contributed by atoms with E-state index in [2.05, 4.69) is 16.4 Å². The molecule has 1 aliphatic rings. The molecule has 0 spiro atoms. The number of aliphatic hydroxyl groups excluding tert-OH is 2. The van der Waals surface area contributed by atoms with Crippen LogP contribution in [0, 0.1) is 12.3 Å². The second kappa shape index (κ2) is 7.35. The van der Waals surface area contributed by atoms with Gasteiger partial charge < -0.3 is 15.5 Å². The first-order valence-corrected chi connectivity index (χ1v) is 10.9. The van der Waals surface area contributed by atoms with E-state index in [1.807, 2.05) is 31.4 Å².